The maximum atomic E-state index is 13.0. The molecule has 2 aliphatic rings. The van der Waals surface area contributed by atoms with E-state index in [1.165, 1.54) is 12.0 Å². The van der Waals surface area contributed by atoms with E-state index in [9.17, 15) is 19.5 Å². The molecule has 31 heavy (non-hydrogen) atoms. The summed E-state index contributed by atoms with van der Waals surface area (Å²) in [5.74, 6) is -0.0870. The Morgan fingerprint density at radius 1 is 1.16 bits per heavy atom. The van der Waals surface area contributed by atoms with Crippen LogP contribution in [0.15, 0.2) is 46.9 Å². The lowest BCUT2D eigenvalue weighted by Gasteiger charge is -2.29. The highest BCUT2D eigenvalue weighted by atomic mass is 16.5. The Labute approximate surface area is 176 Å². The van der Waals surface area contributed by atoms with Crippen LogP contribution in [0.1, 0.15) is 27.2 Å². The van der Waals surface area contributed by atoms with Gasteiger partial charge in [-0.25, -0.2) is 4.79 Å². The van der Waals surface area contributed by atoms with Gasteiger partial charge in [0.2, 0.25) is 0 Å². The molecule has 0 bridgehead atoms. The van der Waals surface area contributed by atoms with E-state index < -0.39 is 17.5 Å². The maximum Gasteiger partial charge on any atom is 0.322 e. The molecular weight excluding hydrogens is 402 g/mol. The Balaban J connectivity index is 1.54. The zero-order valence-electron chi connectivity index (χ0n) is 16.6. The van der Waals surface area contributed by atoms with E-state index in [4.69, 9.17) is 9.15 Å². The van der Waals surface area contributed by atoms with Gasteiger partial charge in [-0.3, -0.25) is 14.9 Å². The Hall–Kier alpha value is -3.85. The molecular formula is C22H19N3O6. The predicted molar refractivity (Wildman–Crippen MR) is 108 cm³/mol. The van der Waals surface area contributed by atoms with Crippen LogP contribution in [0.3, 0.4) is 0 Å². The number of rotatable bonds is 5. The number of benzene rings is 2. The van der Waals surface area contributed by atoms with E-state index in [1.54, 1.807) is 36.4 Å². The average molecular weight is 421 g/mol. The second kappa shape index (κ2) is 6.85. The van der Waals surface area contributed by atoms with Crippen molar-refractivity contribution in [3.05, 3.63) is 64.9 Å². The van der Waals surface area contributed by atoms with Crippen LogP contribution >= 0.6 is 0 Å². The molecule has 2 aromatic carbocycles. The van der Waals surface area contributed by atoms with Gasteiger partial charge in [-0.1, -0.05) is 18.2 Å². The molecule has 0 saturated carbocycles. The molecule has 158 valence electrons. The Kier molecular flexibility index (Phi) is 4.23. The highest BCUT2D eigenvalue weighted by Crippen LogP contribution is 2.35. The molecule has 3 heterocycles. The number of amides is 4. The summed E-state index contributed by atoms with van der Waals surface area (Å²) in [6.45, 7) is 0.0311. The summed E-state index contributed by atoms with van der Waals surface area (Å²) in [6.07, 6.45) is 0. The second-order valence-electron chi connectivity index (χ2n) is 7.64. The SMILES string of the molecule is COc1ccc2c(c1)C(=O)N(C[C@@]1(c3cc4ccc(CO)cc4o3)NC(=O)NC1=O)C2. The molecule has 2 aliphatic heterocycles. The number of ether oxygens (including phenoxy) is 1. The third-order valence-electron chi connectivity index (χ3n) is 5.75. The van der Waals surface area contributed by atoms with Crippen molar-refractivity contribution in [3.8, 4) is 5.75 Å². The topological polar surface area (TPSA) is 121 Å². The monoisotopic (exact) mass is 421 g/mol. The van der Waals surface area contributed by atoms with E-state index in [-0.39, 0.29) is 31.4 Å². The smallest absolute Gasteiger partial charge is 0.322 e. The van der Waals surface area contributed by atoms with Crippen molar-refractivity contribution in [1.82, 2.24) is 15.5 Å². The Morgan fingerprint density at radius 3 is 2.71 bits per heavy atom. The number of aliphatic hydroxyl groups excluding tert-OH is 1. The quantitative estimate of drug-likeness (QED) is 0.539. The summed E-state index contributed by atoms with van der Waals surface area (Å²) < 4.78 is 11.1. The second-order valence-corrected chi connectivity index (χ2v) is 7.64. The van der Waals surface area contributed by atoms with Gasteiger partial charge in [0.15, 0.2) is 5.54 Å². The van der Waals surface area contributed by atoms with Crippen molar-refractivity contribution < 1.29 is 28.6 Å². The zero-order valence-corrected chi connectivity index (χ0v) is 16.6. The van der Waals surface area contributed by atoms with Crippen LogP contribution in [0.5, 0.6) is 5.75 Å². The average Bonchev–Trinajstić information content (AvgIpc) is 3.41. The van der Waals surface area contributed by atoms with E-state index >= 15 is 0 Å². The number of imide groups is 1. The van der Waals surface area contributed by atoms with Crippen LogP contribution in [-0.4, -0.2) is 41.5 Å². The molecule has 5 rings (SSSR count). The highest BCUT2D eigenvalue weighted by Gasteiger charge is 2.53. The van der Waals surface area contributed by atoms with E-state index in [0.717, 1.165) is 5.56 Å². The van der Waals surface area contributed by atoms with Gasteiger partial charge in [0.25, 0.3) is 11.8 Å². The van der Waals surface area contributed by atoms with Crippen LogP contribution in [0, 0.1) is 0 Å². The third kappa shape index (κ3) is 2.93. The fourth-order valence-electron chi connectivity index (χ4n) is 4.12. The number of nitrogens with zero attached hydrogens (tertiary/aromatic N) is 1. The number of aliphatic hydroxyl groups is 1. The predicted octanol–water partition coefficient (Wildman–Crippen LogP) is 1.62. The van der Waals surface area contributed by atoms with Gasteiger partial charge in [-0.2, -0.15) is 0 Å². The minimum atomic E-state index is -1.57. The standard InChI is InChI=1S/C22H19N3O6/c1-30-15-5-4-14-9-25(19(27)16(14)8-15)11-22(20(28)23-21(29)24-22)18-7-13-3-2-12(10-26)6-17(13)31-18/h2-8,26H,9-11H2,1H3,(H2,23,24,28,29)/t22-/m0/s1. The molecule has 4 amide bonds. The number of carbonyl (C=O) groups is 3. The number of carbonyl (C=O) groups excluding carboxylic acids is 3. The van der Waals surface area contributed by atoms with Crippen molar-refractivity contribution >= 4 is 28.8 Å². The first-order chi connectivity index (χ1) is 14.9. The lowest BCUT2D eigenvalue weighted by molar-refractivity contribution is -0.125. The van der Waals surface area contributed by atoms with Crippen molar-refractivity contribution in [1.29, 1.82) is 0 Å². The van der Waals surface area contributed by atoms with Gasteiger partial charge in [0.05, 0.1) is 20.3 Å². The highest BCUT2D eigenvalue weighted by molar-refractivity contribution is 6.08. The van der Waals surface area contributed by atoms with E-state index in [2.05, 4.69) is 10.6 Å². The number of fused-ring (bicyclic) bond motifs is 2. The van der Waals surface area contributed by atoms with Gasteiger partial charge in [0, 0.05) is 17.5 Å². The van der Waals surface area contributed by atoms with Crippen LogP contribution < -0.4 is 15.4 Å². The Morgan fingerprint density at radius 2 is 2.00 bits per heavy atom. The molecule has 3 N–H and O–H groups in total. The lowest BCUT2D eigenvalue weighted by atomic mass is 9.95. The Bertz CT molecular complexity index is 1250. The van der Waals surface area contributed by atoms with Gasteiger partial charge in [-0.15, -0.1) is 0 Å². The fourth-order valence-corrected chi connectivity index (χ4v) is 4.12. The number of nitrogens with one attached hydrogen (secondary N) is 2. The first-order valence-corrected chi connectivity index (χ1v) is 9.67. The van der Waals surface area contributed by atoms with Crippen LogP contribution in [0.25, 0.3) is 11.0 Å². The fraction of sp³-hybridized carbons (Fsp3) is 0.227. The summed E-state index contributed by atoms with van der Waals surface area (Å²) in [4.78, 5) is 39.5. The van der Waals surface area contributed by atoms with Crippen LogP contribution in [-0.2, 0) is 23.5 Å². The van der Waals surface area contributed by atoms with Crippen molar-refractivity contribution in [2.75, 3.05) is 13.7 Å². The minimum Gasteiger partial charge on any atom is -0.497 e. The van der Waals surface area contributed by atoms with Gasteiger partial charge in [-0.05, 0) is 35.4 Å². The molecule has 9 nitrogen and oxygen atoms in total. The van der Waals surface area contributed by atoms with Crippen molar-refractivity contribution in [2.45, 2.75) is 18.7 Å². The van der Waals surface area contributed by atoms with Gasteiger partial charge < -0.3 is 24.5 Å². The van der Waals surface area contributed by atoms with E-state index in [1.807, 2.05) is 6.07 Å². The molecule has 1 aromatic heterocycles. The van der Waals surface area contributed by atoms with Gasteiger partial charge >= 0.3 is 6.03 Å². The molecule has 3 aromatic rings. The molecule has 0 aliphatic carbocycles. The van der Waals surface area contributed by atoms with E-state index in [0.29, 0.717) is 27.8 Å². The number of hydrogen-bond acceptors (Lipinski definition) is 6. The number of hydrogen-bond donors (Lipinski definition) is 3. The number of urea groups is 1. The van der Waals surface area contributed by atoms with Crippen molar-refractivity contribution in [3.63, 3.8) is 0 Å². The zero-order chi connectivity index (χ0) is 21.8. The molecule has 1 atom stereocenters. The first-order valence-electron chi connectivity index (χ1n) is 9.67. The van der Waals surface area contributed by atoms with Crippen molar-refractivity contribution in [2.24, 2.45) is 0 Å². The van der Waals surface area contributed by atoms with Crippen LogP contribution in [0.2, 0.25) is 0 Å². The number of methoxy groups -OCH3 is 1. The molecule has 0 unspecified atom stereocenters. The lowest BCUT2D eigenvalue weighted by Crippen LogP contribution is -2.52. The summed E-state index contributed by atoms with van der Waals surface area (Å²) in [7, 11) is 1.52. The van der Waals surface area contributed by atoms with Gasteiger partial charge in [0.1, 0.15) is 17.1 Å². The largest absolute Gasteiger partial charge is 0.497 e. The minimum absolute atomic E-state index is 0.104. The molecule has 0 spiro atoms. The normalized spacial score (nSPS) is 20.2. The molecule has 1 fully saturated rings. The van der Waals surface area contributed by atoms with Crippen LogP contribution in [0.4, 0.5) is 4.79 Å². The summed E-state index contributed by atoms with van der Waals surface area (Å²) in [5, 5.41) is 15.0. The third-order valence-corrected chi connectivity index (χ3v) is 5.75. The number of furan rings is 1. The summed E-state index contributed by atoms with van der Waals surface area (Å²) >= 11 is 0. The molecule has 1 saturated heterocycles. The maximum absolute atomic E-state index is 13.0. The summed E-state index contributed by atoms with van der Waals surface area (Å²) in [6, 6.07) is 11.4. The first kappa shape index (κ1) is 19.1. The summed E-state index contributed by atoms with van der Waals surface area (Å²) in [5.41, 5.74) is 0.855. The molecule has 9 heteroatoms. The molecule has 0 radical (unpaired) electrons.